The van der Waals surface area contributed by atoms with Gasteiger partial charge in [0.05, 0.1) is 32.1 Å². The van der Waals surface area contributed by atoms with Gasteiger partial charge in [0.15, 0.2) is 0 Å². The van der Waals surface area contributed by atoms with Crippen molar-refractivity contribution >= 4 is 29.3 Å². The first kappa shape index (κ1) is 21.7. The summed E-state index contributed by atoms with van der Waals surface area (Å²) >= 11 is 1.63. The summed E-state index contributed by atoms with van der Waals surface area (Å²) in [5.41, 5.74) is 2.37. The van der Waals surface area contributed by atoms with Crippen LogP contribution in [0.2, 0.25) is 0 Å². The van der Waals surface area contributed by atoms with Gasteiger partial charge in [-0.3, -0.25) is 14.5 Å². The number of morpholine rings is 1. The third kappa shape index (κ3) is 5.39. The zero-order valence-corrected chi connectivity index (χ0v) is 18.4. The average molecular weight is 442 g/mol. The van der Waals surface area contributed by atoms with Crippen LogP contribution >= 0.6 is 11.8 Å². The maximum atomic E-state index is 12.9. The first-order valence-corrected chi connectivity index (χ1v) is 11.4. The van der Waals surface area contributed by atoms with Crippen LogP contribution in [-0.4, -0.2) is 62.4 Å². The van der Waals surface area contributed by atoms with E-state index in [0.29, 0.717) is 37.4 Å². The molecule has 7 nitrogen and oxygen atoms in total. The Morgan fingerprint density at radius 3 is 2.74 bits per heavy atom. The Morgan fingerprint density at radius 2 is 2.00 bits per heavy atom. The zero-order chi connectivity index (χ0) is 21.6. The quantitative estimate of drug-likeness (QED) is 0.718. The Bertz CT molecular complexity index is 929. The third-order valence-electron chi connectivity index (χ3n) is 5.55. The highest BCUT2D eigenvalue weighted by molar-refractivity contribution is 7.99. The predicted molar refractivity (Wildman–Crippen MR) is 121 cm³/mol. The number of ether oxygens (including phenoxy) is 2. The smallest absolute Gasteiger partial charge is 0.251 e. The second-order valence-corrected chi connectivity index (χ2v) is 8.64. The summed E-state index contributed by atoms with van der Waals surface area (Å²) in [5, 5.41) is 5.98. The maximum absolute atomic E-state index is 12.9. The van der Waals surface area contributed by atoms with Gasteiger partial charge >= 0.3 is 0 Å². The molecule has 0 aliphatic carbocycles. The van der Waals surface area contributed by atoms with Gasteiger partial charge in [-0.1, -0.05) is 12.1 Å². The van der Waals surface area contributed by atoms with Crippen LogP contribution in [0.3, 0.4) is 0 Å². The summed E-state index contributed by atoms with van der Waals surface area (Å²) in [6, 6.07) is 13.5. The lowest BCUT2D eigenvalue weighted by Crippen LogP contribution is -2.43. The van der Waals surface area contributed by atoms with Crippen LogP contribution in [0.4, 0.5) is 5.69 Å². The summed E-state index contributed by atoms with van der Waals surface area (Å²) in [6.45, 7) is 3.47. The molecule has 1 atom stereocenters. The van der Waals surface area contributed by atoms with Gasteiger partial charge in [-0.2, -0.15) is 0 Å². The second kappa shape index (κ2) is 10.2. The molecule has 0 spiro atoms. The summed E-state index contributed by atoms with van der Waals surface area (Å²) < 4.78 is 10.8. The van der Waals surface area contributed by atoms with E-state index >= 15 is 0 Å². The number of methoxy groups -OCH3 is 1. The van der Waals surface area contributed by atoms with E-state index in [1.165, 1.54) is 0 Å². The van der Waals surface area contributed by atoms with Gasteiger partial charge in [0.2, 0.25) is 5.91 Å². The molecular weight excluding hydrogens is 414 g/mol. The minimum atomic E-state index is -0.155. The SMILES string of the molecule is COc1ccc([C@H](CNC(=O)c2ccc3c(c2)NC(=O)CCS3)N2CCOCC2)cc1. The zero-order valence-electron chi connectivity index (χ0n) is 17.6. The van der Waals surface area contributed by atoms with Gasteiger partial charge in [-0.05, 0) is 35.9 Å². The molecule has 0 radical (unpaired) electrons. The molecule has 0 bridgehead atoms. The van der Waals surface area contributed by atoms with Crippen LogP contribution in [-0.2, 0) is 9.53 Å². The number of nitrogens with zero attached hydrogens (tertiary/aromatic N) is 1. The van der Waals surface area contributed by atoms with E-state index in [0.717, 1.165) is 35.1 Å². The van der Waals surface area contributed by atoms with Crippen molar-refractivity contribution < 1.29 is 19.1 Å². The summed E-state index contributed by atoms with van der Waals surface area (Å²) in [6.07, 6.45) is 0.476. The Morgan fingerprint density at radius 1 is 1.23 bits per heavy atom. The molecule has 2 amide bonds. The molecule has 0 saturated carbocycles. The highest BCUT2D eigenvalue weighted by Crippen LogP contribution is 2.31. The highest BCUT2D eigenvalue weighted by atomic mass is 32.2. The van der Waals surface area contributed by atoms with Crippen molar-refractivity contribution in [3.8, 4) is 5.75 Å². The molecule has 164 valence electrons. The number of anilines is 1. The molecule has 2 aromatic carbocycles. The standard InChI is InChI=1S/C23H27N3O4S/c1-29-18-5-2-16(3-6-18)20(26-9-11-30-12-10-26)15-24-23(28)17-4-7-21-19(14-17)25-22(27)8-13-31-21/h2-7,14,20H,8-13,15H2,1H3,(H,24,28)(H,25,27)/t20-/m0/s1. The van der Waals surface area contributed by atoms with Crippen LogP contribution < -0.4 is 15.4 Å². The normalized spacial score (nSPS) is 17.8. The first-order chi connectivity index (χ1) is 15.1. The Balaban J connectivity index is 1.48. The third-order valence-corrected chi connectivity index (χ3v) is 6.62. The number of carbonyl (C=O) groups is 2. The monoisotopic (exact) mass is 441 g/mol. The molecule has 2 aliphatic rings. The molecule has 2 N–H and O–H groups in total. The van der Waals surface area contributed by atoms with E-state index in [-0.39, 0.29) is 17.9 Å². The molecule has 2 heterocycles. The fraction of sp³-hybridized carbons (Fsp3) is 0.391. The summed E-state index contributed by atoms with van der Waals surface area (Å²) in [4.78, 5) is 28.1. The van der Waals surface area contributed by atoms with Gasteiger partial charge in [-0.15, -0.1) is 11.8 Å². The molecule has 2 aliphatic heterocycles. The van der Waals surface area contributed by atoms with Crippen LogP contribution in [0.25, 0.3) is 0 Å². The second-order valence-electron chi connectivity index (χ2n) is 7.50. The molecule has 0 unspecified atom stereocenters. The molecule has 8 heteroatoms. The first-order valence-electron chi connectivity index (χ1n) is 10.4. The van der Waals surface area contributed by atoms with Crippen molar-refractivity contribution in [2.24, 2.45) is 0 Å². The molecule has 1 fully saturated rings. The molecule has 31 heavy (non-hydrogen) atoms. The van der Waals surface area contributed by atoms with Gasteiger partial charge in [0, 0.05) is 42.3 Å². The van der Waals surface area contributed by atoms with Gasteiger partial charge in [0.25, 0.3) is 5.91 Å². The van der Waals surface area contributed by atoms with E-state index in [1.54, 1.807) is 24.9 Å². The van der Waals surface area contributed by atoms with Crippen LogP contribution in [0.15, 0.2) is 47.4 Å². The number of thioether (sulfide) groups is 1. The molecular formula is C23H27N3O4S. The van der Waals surface area contributed by atoms with Crippen molar-refractivity contribution in [3.05, 3.63) is 53.6 Å². The van der Waals surface area contributed by atoms with E-state index < -0.39 is 0 Å². The number of rotatable bonds is 6. The van der Waals surface area contributed by atoms with E-state index in [4.69, 9.17) is 9.47 Å². The number of hydrogen-bond acceptors (Lipinski definition) is 6. The topological polar surface area (TPSA) is 79.9 Å². The largest absolute Gasteiger partial charge is 0.497 e. The van der Waals surface area contributed by atoms with Crippen molar-refractivity contribution in [1.29, 1.82) is 0 Å². The average Bonchev–Trinajstić information content (AvgIpc) is 3.00. The van der Waals surface area contributed by atoms with Crippen molar-refractivity contribution in [1.82, 2.24) is 10.2 Å². The number of amides is 2. The lowest BCUT2D eigenvalue weighted by molar-refractivity contribution is -0.115. The number of carbonyl (C=O) groups excluding carboxylic acids is 2. The Hall–Kier alpha value is -2.55. The van der Waals surface area contributed by atoms with Crippen LogP contribution in [0.1, 0.15) is 28.4 Å². The van der Waals surface area contributed by atoms with Crippen LogP contribution in [0, 0.1) is 0 Å². The number of fused-ring (bicyclic) bond motifs is 1. The van der Waals surface area contributed by atoms with Gasteiger partial charge < -0.3 is 20.1 Å². The number of nitrogens with one attached hydrogen (secondary N) is 2. The lowest BCUT2D eigenvalue weighted by Gasteiger charge is -2.35. The lowest BCUT2D eigenvalue weighted by atomic mass is 10.0. The van der Waals surface area contributed by atoms with E-state index in [1.807, 2.05) is 36.4 Å². The highest BCUT2D eigenvalue weighted by Gasteiger charge is 2.24. The van der Waals surface area contributed by atoms with Crippen molar-refractivity contribution in [3.63, 3.8) is 0 Å². The number of benzene rings is 2. The minimum absolute atomic E-state index is 0.0179. The van der Waals surface area contributed by atoms with E-state index in [9.17, 15) is 9.59 Å². The molecule has 1 saturated heterocycles. The maximum Gasteiger partial charge on any atom is 0.251 e. The van der Waals surface area contributed by atoms with E-state index in [2.05, 4.69) is 15.5 Å². The minimum Gasteiger partial charge on any atom is -0.497 e. The van der Waals surface area contributed by atoms with Crippen LogP contribution in [0.5, 0.6) is 5.75 Å². The van der Waals surface area contributed by atoms with Crippen molar-refractivity contribution in [2.75, 3.05) is 51.0 Å². The summed E-state index contributed by atoms with van der Waals surface area (Å²) in [5.74, 6) is 1.38. The number of hydrogen-bond donors (Lipinski definition) is 2. The Kier molecular flexibility index (Phi) is 7.11. The molecule has 2 aromatic rings. The van der Waals surface area contributed by atoms with Crippen molar-refractivity contribution in [2.45, 2.75) is 17.4 Å². The summed E-state index contributed by atoms with van der Waals surface area (Å²) in [7, 11) is 1.65. The molecule has 0 aromatic heterocycles. The Labute approximate surface area is 186 Å². The fourth-order valence-corrected chi connectivity index (χ4v) is 4.76. The van der Waals surface area contributed by atoms with Gasteiger partial charge in [0.1, 0.15) is 5.75 Å². The molecule has 4 rings (SSSR count). The van der Waals surface area contributed by atoms with Gasteiger partial charge in [-0.25, -0.2) is 0 Å². The fourth-order valence-electron chi connectivity index (χ4n) is 3.83. The predicted octanol–water partition coefficient (Wildman–Crippen LogP) is 2.93.